The van der Waals surface area contributed by atoms with Gasteiger partial charge < -0.3 is 4.98 Å². The summed E-state index contributed by atoms with van der Waals surface area (Å²) in [5.74, 6) is 0.719. The largest absolute Gasteiger partial charge is 0.338 e. The van der Waals surface area contributed by atoms with Crippen LogP contribution in [0.2, 0.25) is 0 Å². The Balaban J connectivity index is 1.37. The molecule has 5 rings (SSSR count). The number of aromatic nitrogens is 5. The van der Waals surface area contributed by atoms with Gasteiger partial charge in [-0.25, -0.2) is 9.97 Å². The van der Waals surface area contributed by atoms with Gasteiger partial charge in [0.1, 0.15) is 10.5 Å². The van der Waals surface area contributed by atoms with E-state index in [4.69, 9.17) is 4.98 Å². The predicted molar refractivity (Wildman–Crippen MR) is 106 cm³/mol. The quantitative estimate of drug-likeness (QED) is 0.452. The fourth-order valence-electron chi connectivity index (χ4n) is 2.79. The molecule has 0 bridgehead atoms. The third-order valence-electron chi connectivity index (χ3n) is 4.02. The fraction of sp³-hybridized carbons (Fsp3) is 0.0526. The topological polar surface area (TPSA) is 67.3 Å². The summed E-state index contributed by atoms with van der Waals surface area (Å²) in [6.45, 7) is 0. The molecular formula is C19H13N5S2. The van der Waals surface area contributed by atoms with Crippen LogP contribution in [-0.2, 0) is 5.75 Å². The molecule has 0 radical (unpaired) electrons. The number of thiazole rings is 1. The average molecular weight is 375 g/mol. The van der Waals surface area contributed by atoms with E-state index >= 15 is 0 Å². The number of para-hydroxylation sites is 1. The van der Waals surface area contributed by atoms with E-state index in [1.54, 1.807) is 23.1 Å². The molecule has 3 aromatic heterocycles. The van der Waals surface area contributed by atoms with Crippen molar-refractivity contribution in [1.82, 2.24) is 25.1 Å². The molecule has 126 valence electrons. The van der Waals surface area contributed by atoms with Crippen LogP contribution in [0, 0.1) is 0 Å². The maximum absolute atomic E-state index is 4.71. The molecule has 26 heavy (non-hydrogen) atoms. The number of nitrogens with zero attached hydrogens (tertiary/aromatic N) is 4. The highest BCUT2D eigenvalue weighted by atomic mass is 32.2. The Morgan fingerprint density at radius 3 is 2.69 bits per heavy atom. The summed E-state index contributed by atoms with van der Waals surface area (Å²) in [7, 11) is 0. The normalized spacial score (nSPS) is 11.4. The van der Waals surface area contributed by atoms with Gasteiger partial charge in [-0.1, -0.05) is 60.3 Å². The first-order valence-corrected chi connectivity index (χ1v) is 9.97. The number of fused-ring (bicyclic) bond motifs is 3. The standard InChI is InChI=1S/C19H13N5S2/c1-2-6-12(7-3-1)18-20-13(10-25-18)11-26-19-22-17-16(23-24-19)14-8-4-5-9-15(14)21-17/h1-10H,11H2,(H,21,22,24). The van der Waals surface area contributed by atoms with Crippen molar-refractivity contribution in [3.63, 3.8) is 0 Å². The molecule has 3 heterocycles. The van der Waals surface area contributed by atoms with Crippen molar-refractivity contribution in [1.29, 1.82) is 0 Å². The van der Waals surface area contributed by atoms with Gasteiger partial charge in [-0.15, -0.1) is 21.5 Å². The minimum absolute atomic E-state index is 0.651. The molecule has 0 saturated heterocycles. The molecule has 0 aliphatic heterocycles. The van der Waals surface area contributed by atoms with Gasteiger partial charge >= 0.3 is 0 Å². The number of nitrogens with one attached hydrogen (secondary N) is 1. The van der Waals surface area contributed by atoms with E-state index in [0.29, 0.717) is 5.16 Å². The number of H-pyrrole nitrogens is 1. The van der Waals surface area contributed by atoms with E-state index in [-0.39, 0.29) is 0 Å². The highest BCUT2D eigenvalue weighted by Crippen LogP contribution is 2.28. The lowest BCUT2D eigenvalue weighted by Crippen LogP contribution is -1.92. The maximum atomic E-state index is 4.71. The Kier molecular flexibility index (Phi) is 3.88. The number of hydrogen-bond donors (Lipinski definition) is 1. The predicted octanol–water partition coefficient (Wildman–Crippen LogP) is 4.92. The Morgan fingerprint density at radius 1 is 0.923 bits per heavy atom. The van der Waals surface area contributed by atoms with Gasteiger partial charge in [0.15, 0.2) is 5.65 Å². The third-order valence-corrected chi connectivity index (χ3v) is 5.84. The number of thioether (sulfide) groups is 1. The molecular weight excluding hydrogens is 362 g/mol. The first-order chi connectivity index (χ1) is 12.9. The molecule has 2 aromatic carbocycles. The molecule has 7 heteroatoms. The van der Waals surface area contributed by atoms with Crippen LogP contribution in [0.3, 0.4) is 0 Å². The SMILES string of the molecule is c1ccc(-c2nc(CSc3nnc4c(n3)[nH]c3ccccc34)cs2)cc1. The second-order valence-corrected chi connectivity index (χ2v) is 7.56. The van der Waals surface area contributed by atoms with Gasteiger partial charge in [0.25, 0.3) is 0 Å². The van der Waals surface area contributed by atoms with Crippen LogP contribution in [0.25, 0.3) is 32.6 Å². The zero-order valence-corrected chi connectivity index (χ0v) is 15.2. The minimum atomic E-state index is 0.651. The van der Waals surface area contributed by atoms with E-state index in [0.717, 1.165) is 44.1 Å². The summed E-state index contributed by atoms with van der Waals surface area (Å²) in [6.07, 6.45) is 0. The Hall–Kier alpha value is -2.77. The van der Waals surface area contributed by atoms with E-state index in [1.807, 2.05) is 42.5 Å². The third kappa shape index (κ3) is 2.85. The smallest absolute Gasteiger partial charge is 0.211 e. The molecule has 0 spiro atoms. The van der Waals surface area contributed by atoms with Crippen molar-refractivity contribution in [2.24, 2.45) is 0 Å². The highest BCUT2D eigenvalue weighted by Gasteiger charge is 2.10. The molecule has 1 N–H and O–H groups in total. The van der Waals surface area contributed by atoms with Gasteiger partial charge in [0, 0.05) is 27.6 Å². The van der Waals surface area contributed by atoms with E-state index in [9.17, 15) is 0 Å². The lowest BCUT2D eigenvalue weighted by molar-refractivity contribution is 0.877. The van der Waals surface area contributed by atoms with Gasteiger partial charge in [-0.3, -0.25) is 0 Å². The zero-order chi connectivity index (χ0) is 17.3. The minimum Gasteiger partial charge on any atom is -0.338 e. The number of rotatable bonds is 4. The molecule has 0 amide bonds. The molecule has 0 aliphatic carbocycles. The summed E-state index contributed by atoms with van der Waals surface area (Å²) < 4.78 is 0. The van der Waals surface area contributed by atoms with Crippen LogP contribution >= 0.6 is 23.1 Å². The van der Waals surface area contributed by atoms with Gasteiger partial charge in [-0.2, -0.15) is 0 Å². The first kappa shape index (κ1) is 15.5. The van der Waals surface area contributed by atoms with Crippen LogP contribution in [0.5, 0.6) is 0 Å². The molecule has 0 atom stereocenters. The zero-order valence-electron chi connectivity index (χ0n) is 13.6. The summed E-state index contributed by atoms with van der Waals surface area (Å²) in [5.41, 5.74) is 4.78. The Morgan fingerprint density at radius 2 is 1.77 bits per heavy atom. The average Bonchev–Trinajstić information content (AvgIpc) is 3.31. The Labute approximate surface area is 157 Å². The number of hydrogen-bond acceptors (Lipinski definition) is 6. The van der Waals surface area contributed by atoms with Crippen LogP contribution in [0.4, 0.5) is 0 Å². The maximum Gasteiger partial charge on any atom is 0.211 e. The summed E-state index contributed by atoms with van der Waals surface area (Å²) in [6, 6.07) is 18.3. The summed E-state index contributed by atoms with van der Waals surface area (Å²) in [5, 5.41) is 13.4. The molecule has 5 nitrogen and oxygen atoms in total. The van der Waals surface area contributed by atoms with Crippen molar-refractivity contribution in [3.8, 4) is 10.6 Å². The second kappa shape index (κ2) is 6.51. The monoisotopic (exact) mass is 375 g/mol. The molecule has 0 unspecified atom stereocenters. The molecule has 0 fully saturated rings. The fourth-order valence-corrected chi connectivity index (χ4v) is 4.40. The van der Waals surface area contributed by atoms with Crippen LogP contribution < -0.4 is 0 Å². The lowest BCUT2D eigenvalue weighted by Gasteiger charge is -1.97. The van der Waals surface area contributed by atoms with E-state index < -0.39 is 0 Å². The summed E-state index contributed by atoms with van der Waals surface area (Å²) >= 11 is 3.20. The number of benzene rings is 2. The van der Waals surface area contributed by atoms with Crippen LogP contribution in [0.1, 0.15) is 5.69 Å². The van der Waals surface area contributed by atoms with Crippen LogP contribution in [-0.4, -0.2) is 25.1 Å². The van der Waals surface area contributed by atoms with Crippen molar-refractivity contribution in [2.75, 3.05) is 0 Å². The van der Waals surface area contributed by atoms with Crippen molar-refractivity contribution >= 4 is 45.2 Å². The van der Waals surface area contributed by atoms with E-state index in [1.165, 1.54) is 0 Å². The van der Waals surface area contributed by atoms with Gasteiger partial charge in [0.05, 0.1) is 5.69 Å². The van der Waals surface area contributed by atoms with Crippen molar-refractivity contribution in [2.45, 2.75) is 10.9 Å². The van der Waals surface area contributed by atoms with Crippen molar-refractivity contribution < 1.29 is 0 Å². The van der Waals surface area contributed by atoms with Crippen LogP contribution in [0.15, 0.2) is 65.1 Å². The second-order valence-electron chi connectivity index (χ2n) is 5.76. The first-order valence-electron chi connectivity index (χ1n) is 8.10. The van der Waals surface area contributed by atoms with E-state index in [2.05, 4.69) is 37.7 Å². The van der Waals surface area contributed by atoms with Gasteiger partial charge in [0.2, 0.25) is 5.16 Å². The van der Waals surface area contributed by atoms with Crippen molar-refractivity contribution in [3.05, 3.63) is 65.7 Å². The molecule has 5 aromatic rings. The molecule has 0 aliphatic rings. The Bertz CT molecular complexity index is 1200. The number of aromatic amines is 1. The summed E-state index contributed by atoms with van der Waals surface area (Å²) in [4.78, 5) is 12.6. The highest BCUT2D eigenvalue weighted by molar-refractivity contribution is 7.98. The van der Waals surface area contributed by atoms with Gasteiger partial charge in [-0.05, 0) is 6.07 Å². The lowest BCUT2D eigenvalue weighted by atomic mass is 10.2. The molecule has 0 saturated carbocycles.